The lowest BCUT2D eigenvalue weighted by molar-refractivity contribution is -0.143. The quantitative estimate of drug-likeness (QED) is 0.553. The van der Waals surface area contributed by atoms with E-state index in [1.54, 1.807) is 0 Å². The molecule has 0 aliphatic carbocycles. The molecule has 16 heavy (non-hydrogen) atoms. The van der Waals surface area contributed by atoms with Crippen molar-refractivity contribution in [2.45, 2.75) is 32.4 Å². The zero-order valence-corrected chi connectivity index (χ0v) is 9.90. The van der Waals surface area contributed by atoms with Crippen molar-refractivity contribution in [3.8, 4) is 0 Å². The summed E-state index contributed by atoms with van der Waals surface area (Å²) in [6.07, 6.45) is 0.761. The van der Waals surface area contributed by atoms with Crippen molar-refractivity contribution in [2.75, 3.05) is 13.7 Å². The first kappa shape index (κ1) is 14.9. The van der Waals surface area contributed by atoms with Gasteiger partial charge in [-0.15, -0.1) is 0 Å². The second kappa shape index (κ2) is 7.19. The van der Waals surface area contributed by atoms with Crippen molar-refractivity contribution >= 4 is 11.9 Å². The topological polar surface area (TPSA) is 102 Å². The number of ether oxygens (including phenoxy) is 1. The minimum absolute atomic E-state index is 0.0111. The summed E-state index contributed by atoms with van der Waals surface area (Å²) in [5, 5.41) is 11.1. The third-order valence-corrected chi connectivity index (χ3v) is 2.51. The van der Waals surface area contributed by atoms with E-state index in [9.17, 15) is 9.59 Å². The Morgan fingerprint density at radius 2 is 2.06 bits per heavy atom. The van der Waals surface area contributed by atoms with E-state index < -0.39 is 24.0 Å². The molecule has 94 valence electrons. The van der Waals surface area contributed by atoms with Gasteiger partial charge in [0.2, 0.25) is 5.91 Å². The lowest BCUT2D eigenvalue weighted by atomic mass is 9.99. The molecular formula is C10H20N2O4. The van der Waals surface area contributed by atoms with E-state index in [2.05, 4.69) is 5.32 Å². The van der Waals surface area contributed by atoms with E-state index in [1.165, 1.54) is 7.11 Å². The molecule has 0 aromatic carbocycles. The fraction of sp³-hybridized carbons (Fsp3) is 0.800. The Bertz CT molecular complexity index is 245. The summed E-state index contributed by atoms with van der Waals surface area (Å²) in [5.74, 6) is -1.58. The van der Waals surface area contributed by atoms with Crippen LogP contribution in [0.3, 0.4) is 0 Å². The molecule has 0 aliphatic rings. The molecule has 1 amide bonds. The van der Waals surface area contributed by atoms with Crippen molar-refractivity contribution in [2.24, 2.45) is 11.7 Å². The second-order valence-electron chi connectivity index (χ2n) is 3.77. The number of rotatable bonds is 7. The third-order valence-electron chi connectivity index (χ3n) is 2.51. The van der Waals surface area contributed by atoms with Gasteiger partial charge in [-0.1, -0.05) is 20.3 Å². The fourth-order valence-corrected chi connectivity index (χ4v) is 1.12. The number of hydrogen-bond acceptors (Lipinski definition) is 4. The number of carbonyl (C=O) groups is 2. The van der Waals surface area contributed by atoms with Gasteiger partial charge in [0.05, 0.1) is 12.6 Å². The SMILES string of the molecule is CCC(C)C(N)C(=O)NC(COC)C(=O)O. The normalized spacial score (nSPS) is 16.2. The van der Waals surface area contributed by atoms with Crippen LogP contribution in [0.4, 0.5) is 0 Å². The maximum Gasteiger partial charge on any atom is 0.328 e. The molecule has 0 saturated heterocycles. The number of carbonyl (C=O) groups excluding carboxylic acids is 1. The highest BCUT2D eigenvalue weighted by molar-refractivity contribution is 5.87. The molecule has 3 atom stereocenters. The minimum Gasteiger partial charge on any atom is -0.480 e. The zero-order valence-electron chi connectivity index (χ0n) is 9.90. The summed E-state index contributed by atoms with van der Waals surface area (Å²) < 4.78 is 4.70. The molecule has 0 aromatic heterocycles. The Morgan fingerprint density at radius 1 is 1.50 bits per heavy atom. The lowest BCUT2D eigenvalue weighted by Gasteiger charge is -2.20. The van der Waals surface area contributed by atoms with Gasteiger partial charge in [-0.05, 0) is 5.92 Å². The maximum atomic E-state index is 11.6. The first-order valence-electron chi connectivity index (χ1n) is 5.21. The molecule has 0 bridgehead atoms. The number of aliphatic carboxylic acids is 1. The van der Waals surface area contributed by atoms with Crippen molar-refractivity contribution in [1.29, 1.82) is 0 Å². The highest BCUT2D eigenvalue weighted by Crippen LogP contribution is 2.05. The molecule has 0 saturated carbocycles. The average molecular weight is 232 g/mol. The lowest BCUT2D eigenvalue weighted by Crippen LogP contribution is -2.52. The van der Waals surface area contributed by atoms with Crippen LogP contribution in [0.15, 0.2) is 0 Å². The number of nitrogens with one attached hydrogen (secondary N) is 1. The first-order valence-corrected chi connectivity index (χ1v) is 5.21. The van der Waals surface area contributed by atoms with Crippen molar-refractivity contribution in [3.63, 3.8) is 0 Å². The van der Waals surface area contributed by atoms with Gasteiger partial charge in [0.25, 0.3) is 0 Å². The van der Waals surface area contributed by atoms with Crippen LogP contribution in [0.2, 0.25) is 0 Å². The van der Waals surface area contributed by atoms with E-state index in [4.69, 9.17) is 15.6 Å². The van der Waals surface area contributed by atoms with Gasteiger partial charge < -0.3 is 20.9 Å². The predicted molar refractivity (Wildman–Crippen MR) is 58.9 cm³/mol. The van der Waals surface area contributed by atoms with Crippen LogP contribution in [0.25, 0.3) is 0 Å². The van der Waals surface area contributed by atoms with Crippen molar-refractivity contribution < 1.29 is 19.4 Å². The van der Waals surface area contributed by atoms with Gasteiger partial charge in [0.15, 0.2) is 6.04 Å². The van der Waals surface area contributed by atoms with E-state index >= 15 is 0 Å². The molecule has 0 aliphatic heterocycles. The summed E-state index contributed by atoms with van der Waals surface area (Å²) >= 11 is 0. The van der Waals surface area contributed by atoms with Gasteiger partial charge >= 0.3 is 5.97 Å². The van der Waals surface area contributed by atoms with Crippen LogP contribution in [0.5, 0.6) is 0 Å². The Morgan fingerprint density at radius 3 is 2.44 bits per heavy atom. The van der Waals surface area contributed by atoms with E-state index in [1.807, 2.05) is 13.8 Å². The van der Waals surface area contributed by atoms with Gasteiger partial charge in [-0.3, -0.25) is 4.79 Å². The first-order chi connectivity index (χ1) is 7.43. The molecule has 0 heterocycles. The zero-order chi connectivity index (χ0) is 12.7. The Balaban J connectivity index is 4.34. The molecule has 0 radical (unpaired) electrons. The monoisotopic (exact) mass is 232 g/mol. The Labute approximate surface area is 95.1 Å². The number of carboxylic acids is 1. The maximum absolute atomic E-state index is 11.6. The summed E-state index contributed by atoms with van der Waals surface area (Å²) in [6, 6.07) is -1.74. The molecule has 0 aromatic rings. The number of hydrogen-bond donors (Lipinski definition) is 3. The van der Waals surface area contributed by atoms with E-state index in [0.29, 0.717) is 0 Å². The van der Waals surface area contributed by atoms with E-state index in [-0.39, 0.29) is 12.5 Å². The molecule has 6 nitrogen and oxygen atoms in total. The molecule has 3 unspecified atom stereocenters. The summed E-state index contributed by atoms with van der Waals surface area (Å²) in [4.78, 5) is 22.3. The number of amides is 1. The molecular weight excluding hydrogens is 212 g/mol. The van der Waals surface area contributed by atoms with Crippen LogP contribution >= 0.6 is 0 Å². The summed E-state index contributed by atoms with van der Waals surface area (Å²) in [7, 11) is 1.37. The number of methoxy groups -OCH3 is 1. The van der Waals surface area contributed by atoms with Crippen LogP contribution in [0, 0.1) is 5.92 Å². The second-order valence-corrected chi connectivity index (χ2v) is 3.77. The molecule has 0 spiro atoms. The number of nitrogens with two attached hydrogens (primary N) is 1. The third kappa shape index (κ3) is 4.59. The predicted octanol–water partition coefficient (Wildman–Crippen LogP) is -0.424. The van der Waals surface area contributed by atoms with Crippen LogP contribution < -0.4 is 11.1 Å². The smallest absolute Gasteiger partial charge is 0.328 e. The van der Waals surface area contributed by atoms with Gasteiger partial charge in [-0.2, -0.15) is 0 Å². The van der Waals surface area contributed by atoms with Crippen LogP contribution in [-0.4, -0.2) is 42.8 Å². The molecule has 0 fully saturated rings. The molecule has 0 rings (SSSR count). The highest BCUT2D eigenvalue weighted by atomic mass is 16.5. The molecule has 4 N–H and O–H groups in total. The standard InChI is InChI=1S/C10H20N2O4/c1-4-6(2)8(11)9(13)12-7(5-16-3)10(14)15/h6-8H,4-5,11H2,1-3H3,(H,12,13)(H,14,15). The van der Waals surface area contributed by atoms with E-state index in [0.717, 1.165) is 6.42 Å². The van der Waals surface area contributed by atoms with Gasteiger partial charge in [0.1, 0.15) is 0 Å². The van der Waals surface area contributed by atoms with Gasteiger partial charge in [-0.25, -0.2) is 4.79 Å². The van der Waals surface area contributed by atoms with Crippen LogP contribution in [0.1, 0.15) is 20.3 Å². The highest BCUT2D eigenvalue weighted by Gasteiger charge is 2.25. The largest absolute Gasteiger partial charge is 0.480 e. The van der Waals surface area contributed by atoms with Gasteiger partial charge in [0, 0.05) is 7.11 Å². The average Bonchev–Trinajstić information content (AvgIpc) is 2.25. The fourth-order valence-electron chi connectivity index (χ4n) is 1.12. The summed E-state index contributed by atoms with van der Waals surface area (Å²) in [5.41, 5.74) is 5.67. The number of carboxylic acid groups (broad SMARTS) is 1. The minimum atomic E-state index is -1.13. The molecule has 6 heteroatoms. The Hall–Kier alpha value is -1.14. The summed E-state index contributed by atoms with van der Waals surface area (Å²) in [6.45, 7) is 3.69. The van der Waals surface area contributed by atoms with Crippen LogP contribution in [-0.2, 0) is 14.3 Å². The Kier molecular flexibility index (Phi) is 6.67. The van der Waals surface area contributed by atoms with Crippen molar-refractivity contribution in [1.82, 2.24) is 5.32 Å². The van der Waals surface area contributed by atoms with Crippen molar-refractivity contribution in [3.05, 3.63) is 0 Å².